The maximum absolute atomic E-state index is 12.9. The van der Waals surface area contributed by atoms with Crippen molar-refractivity contribution in [2.75, 3.05) is 23.9 Å². The summed E-state index contributed by atoms with van der Waals surface area (Å²) in [4.78, 5) is 30.4. The van der Waals surface area contributed by atoms with Gasteiger partial charge in [0.1, 0.15) is 5.75 Å². The van der Waals surface area contributed by atoms with Crippen molar-refractivity contribution in [3.63, 3.8) is 0 Å². The molecule has 0 fully saturated rings. The number of fused-ring (bicyclic) bond motifs is 2. The largest absolute Gasteiger partial charge is 0.481 e. The van der Waals surface area contributed by atoms with Gasteiger partial charge in [0.2, 0.25) is 0 Å². The van der Waals surface area contributed by atoms with Crippen LogP contribution in [0.2, 0.25) is 0 Å². The predicted molar refractivity (Wildman–Crippen MR) is 99.8 cm³/mol. The minimum atomic E-state index is -0.230. The number of nitrogens with zero attached hydrogens (tertiary/aromatic N) is 2. The van der Waals surface area contributed by atoms with Crippen LogP contribution in [-0.4, -0.2) is 30.5 Å². The Kier molecular flexibility index (Phi) is 3.80. The standard InChI is InChI=1S/C20H17N3O3/c1-12-19(15-6-4-3-5-13(15)10-21-12)20(25)22-14-7-8-16-17(9-14)26-11-18(24)23(16)2/h3-10H,11H2,1-2H3,(H,22,25). The number of likely N-dealkylation sites (N-methyl/N-ethyl adjacent to an activating group) is 1. The highest BCUT2D eigenvalue weighted by Gasteiger charge is 2.23. The van der Waals surface area contributed by atoms with E-state index in [1.165, 1.54) is 0 Å². The Morgan fingerprint density at radius 2 is 2.04 bits per heavy atom. The van der Waals surface area contributed by atoms with Crippen LogP contribution in [0.1, 0.15) is 16.1 Å². The summed E-state index contributed by atoms with van der Waals surface area (Å²) < 4.78 is 5.47. The molecular formula is C20H17N3O3. The Morgan fingerprint density at radius 1 is 1.23 bits per heavy atom. The average Bonchev–Trinajstić information content (AvgIpc) is 2.64. The summed E-state index contributed by atoms with van der Waals surface area (Å²) in [7, 11) is 1.70. The van der Waals surface area contributed by atoms with Gasteiger partial charge in [-0.3, -0.25) is 14.6 Å². The monoisotopic (exact) mass is 347 g/mol. The number of hydrogen-bond acceptors (Lipinski definition) is 4. The highest BCUT2D eigenvalue weighted by atomic mass is 16.5. The highest BCUT2D eigenvalue weighted by molar-refractivity contribution is 6.13. The minimum Gasteiger partial charge on any atom is -0.481 e. The molecule has 0 spiro atoms. The second kappa shape index (κ2) is 6.15. The van der Waals surface area contributed by atoms with Gasteiger partial charge in [0, 0.05) is 30.4 Å². The first-order valence-electron chi connectivity index (χ1n) is 8.23. The fraction of sp³-hybridized carbons (Fsp3) is 0.150. The molecule has 0 radical (unpaired) electrons. The Bertz CT molecular complexity index is 1050. The Balaban J connectivity index is 1.68. The van der Waals surface area contributed by atoms with Crippen LogP contribution in [-0.2, 0) is 4.79 Å². The second-order valence-electron chi connectivity index (χ2n) is 6.18. The zero-order chi connectivity index (χ0) is 18.3. The zero-order valence-corrected chi connectivity index (χ0v) is 14.4. The number of hydrogen-bond donors (Lipinski definition) is 1. The number of aryl methyl sites for hydroxylation is 1. The lowest BCUT2D eigenvalue weighted by Gasteiger charge is -2.26. The van der Waals surface area contributed by atoms with Crippen molar-refractivity contribution in [3.05, 3.63) is 59.9 Å². The fourth-order valence-corrected chi connectivity index (χ4v) is 3.10. The fourth-order valence-electron chi connectivity index (χ4n) is 3.10. The number of pyridine rings is 1. The number of nitrogens with one attached hydrogen (secondary N) is 1. The van der Waals surface area contributed by atoms with Crippen molar-refractivity contribution < 1.29 is 14.3 Å². The molecular weight excluding hydrogens is 330 g/mol. The van der Waals surface area contributed by atoms with Gasteiger partial charge in [0.25, 0.3) is 11.8 Å². The van der Waals surface area contributed by atoms with Crippen molar-refractivity contribution >= 4 is 34.0 Å². The third-order valence-corrected chi connectivity index (χ3v) is 4.52. The molecule has 0 saturated heterocycles. The molecule has 6 heteroatoms. The van der Waals surface area contributed by atoms with Crippen LogP contribution in [0.15, 0.2) is 48.7 Å². The van der Waals surface area contributed by atoms with Crippen LogP contribution in [0, 0.1) is 6.92 Å². The SMILES string of the molecule is Cc1ncc2ccccc2c1C(=O)Nc1ccc2c(c1)OCC(=O)N2C. The number of anilines is 2. The molecule has 2 amide bonds. The molecule has 0 atom stereocenters. The maximum Gasteiger partial charge on any atom is 0.264 e. The highest BCUT2D eigenvalue weighted by Crippen LogP contribution is 2.34. The summed E-state index contributed by atoms with van der Waals surface area (Å²) >= 11 is 0. The van der Waals surface area contributed by atoms with Crippen LogP contribution in [0.4, 0.5) is 11.4 Å². The first-order chi connectivity index (χ1) is 12.5. The molecule has 0 unspecified atom stereocenters. The molecule has 1 N–H and O–H groups in total. The van der Waals surface area contributed by atoms with Crippen LogP contribution < -0.4 is 15.0 Å². The first kappa shape index (κ1) is 16.1. The van der Waals surface area contributed by atoms with E-state index < -0.39 is 0 Å². The van der Waals surface area contributed by atoms with E-state index in [2.05, 4.69) is 10.3 Å². The lowest BCUT2D eigenvalue weighted by molar-refractivity contribution is -0.120. The number of rotatable bonds is 2. The molecule has 2 heterocycles. The van der Waals surface area contributed by atoms with Gasteiger partial charge in [-0.25, -0.2) is 0 Å². The van der Waals surface area contributed by atoms with E-state index in [1.54, 1.807) is 36.3 Å². The van der Waals surface area contributed by atoms with E-state index in [0.717, 1.165) is 10.8 Å². The Labute approximate surface area is 150 Å². The summed E-state index contributed by atoms with van der Waals surface area (Å²) in [6.07, 6.45) is 1.76. The average molecular weight is 347 g/mol. The van der Waals surface area contributed by atoms with Crippen molar-refractivity contribution in [2.24, 2.45) is 0 Å². The topological polar surface area (TPSA) is 71.5 Å². The van der Waals surface area contributed by atoms with E-state index in [0.29, 0.717) is 28.4 Å². The number of ether oxygens (including phenoxy) is 1. The second-order valence-corrected chi connectivity index (χ2v) is 6.18. The number of carbonyl (C=O) groups excluding carboxylic acids is 2. The third kappa shape index (κ3) is 2.65. The molecule has 1 aliphatic heterocycles. The van der Waals surface area contributed by atoms with Crippen LogP contribution >= 0.6 is 0 Å². The summed E-state index contributed by atoms with van der Waals surface area (Å²) in [6.45, 7) is 1.81. The summed E-state index contributed by atoms with van der Waals surface area (Å²) in [5, 5.41) is 4.68. The summed E-state index contributed by atoms with van der Waals surface area (Å²) in [5.41, 5.74) is 2.50. The van der Waals surface area contributed by atoms with Gasteiger partial charge in [-0.15, -0.1) is 0 Å². The smallest absolute Gasteiger partial charge is 0.264 e. The van der Waals surface area contributed by atoms with Gasteiger partial charge < -0.3 is 15.0 Å². The quantitative estimate of drug-likeness (QED) is 0.773. The molecule has 6 nitrogen and oxygen atoms in total. The van der Waals surface area contributed by atoms with Gasteiger partial charge in [-0.05, 0) is 24.4 Å². The molecule has 0 aliphatic carbocycles. The number of aromatic nitrogens is 1. The lowest BCUT2D eigenvalue weighted by atomic mass is 10.0. The normalized spacial score (nSPS) is 13.3. The van der Waals surface area contributed by atoms with Crippen molar-refractivity contribution in [2.45, 2.75) is 6.92 Å². The minimum absolute atomic E-state index is 0.00670. The molecule has 26 heavy (non-hydrogen) atoms. The van der Waals surface area contributed by atoms with E-state index in [4.69, 9.17) is 4.74 Å². The van der Waals surface area contributed by atoms with Crippen molar-refractivity contribution in [1.82, 2.24) is 4.98 Å². The molecule has 0 saturated carbocycles. The van der Waals surface area contributed by atoms with Crippen LogP contribution in [0.3, 0.4) is 0 Å². The van der Waals surface area contributed by atoms with E-state index in [1.807, 2.05) is 31.2 Å². The molecule has 3 aromatic rings. The van der Waals surface area contributed by atoms with Gasteiger partial charge in [-0.1, -0.05) is 24.3 Å². The molecule has 0 bridgehead atoms. The maximum atomic E-state index is 12.9. The van der Waals surface area contributed by atoms with Crippen molar-refractivity contribution in [1.29, 1.82) is 0 Å². The van der Waals surface area contributed by atoms with Crippen molar-refractivity contribution in [3.8, 4) is 5.75 Å². The first-order valence-corrected chi connectivity index (χ1v) is 8.23. The summed E-state index contributed by atoms with van der Waals surface area (Å²) in [6, 6.07) is 12.9. The third-order valence-electron chi connectivity index (χ3n) is 4.52. The zero-order valence-electron chi connectivity index (χ0n) is 14.4. The molecule has 4 rings (SSSR count). The number of amides is 2. The van der Waals surface area contributed by atoms with E-state index >= 15 is 0 Å². The molecule has 130 valence electrons. The van der Waals surface area contributed by atoms with Gasteiger partial charge in [0.15, 0.2) is 6.61 Å². The number of carbonyl (C=O) groups is 2. The molecule has 1 aromatic heterocycles. The Morgan fingerprint density at radius 3 is 2.88 bits per heavy atom. The van der Waals surface area contributed by atoms with E-state index in [9.17, 15) is 9.59 Å². The summed E-state index contributed by atoms with van der Waals surface area (Å²) in [5.74, 6) is 0.233. The Hall–Kier alpha value is -3.41. The predicted octanol–water partition coefficient (Wildman–Crippen LogP) is 3.15. The van der Waals surface area contributed by atoms with Gasteiger partial charge in [0.05, 0.1) is 16.9 Å². The van der Waals surface area contributed by atoms with E-state index in [-0.39, 0.29) is 18.4 Å². The number of benzene rings is 2. The van der Waals surface area contributed by atoms with Crippen LogP contribution in [0.5, 0.6) is 5.75 Å². The molecule has 2 aromatic carbocycles. The van der Waals surface area contributed by atoms with Gasteiger partial charge in [-0.2, -0.15) is 0 Å². The van der Waals surface area contributed by atoms with Crippen LogP contribution in [0.25, 0.3) is 10.8 Å². The molecule has 1 aliphatic rings. The van der Waals surface area contributed by atoms with Gasteiger partial charge >= 0.3 is 0 Å². The lowest BCUT2D eigenvalue weighted by Crippen LogP contribution is -2.35.